The molecule has 0 fully saturated rings. The number of hydrogen-bond acceptors (Lipinski definition) is 3. The largest absolute Gasteiger partial charge is 0.314 e. The van der Waals surface area contributed by atoms with Gasteiger partial charge in [0.2, 0.25) is 10.0 Å². The van der Waals surface area contributed by atoms with E-state index in [9.17, 15) is 8.42 Å². The van der Waals surface area contributed by atoms with E-state index in [4.69, 9.17) is 0 Å². The molecule has 0 heterocycles. The Morgan fingerprint density at radius 1 is 1.18 bits per heavy atom. The molecule has 0 bridgehead atoms. The summed E-state index contributed by atoms with van der Waals surface area (Å²) in [5, 5.41) is 3.23. The van der Waals surface area contributed by atoms with Crippen molar-refractivity contribution in [1.29, 1.82) is 0 Å². The first-order valence-electron chi connectivity index (χ1n) is 6.54. The zero-order valence-electron chi connectivity index (χ0n) is 11.9. The minimum atomic E-state index is -3.09. The van der Waals surface area contributed by atoms with Gasteiger partial charge >= 0.3 is 0 Å². The molecule has 0 aromatic carbocycles. The zero-order valence-corrected chi connectivity index (χ0v) is 12.7. The predicted octanol–water partition coefficient (Wildman–Crippen LogP) is 1.82. The maximum Gasteiger partial charge on any atom is 0.214 e. The fourth-order valence-electron chi connectivity index (χ4n) is 1.82. The Balaban J connectivity index is 4.18. The van der Waals surface area contributed by atoms with Crippen molar-refractivity contribution in [2.45, 2.75) is 59.0 Å². The topological polar surface area (TPSA) is 49.4 Å². The molecule has 0 aromatic rings. The normalized spacial score (nSPS) is 12.9. The summed E-state index contributed by atoms with van der Waals surface area (Å²) in [4.78, 5) is 0. The van der Waals surface area contributed by atoms with Crippen molar-refractivity contribution >= 4 is 10.0 Å². The molecule has 0 atom stereocenters. The Labute approximate surface area is 107 Å². The van der Waals surface area contributed by atoms with Crippen molar-refractivity contribution in [3.05, 3.63) is 0 Å². The molecular weight excluding hydrogens is 236 g/mol. The summed E-state index contributed by atoms with van der Waals surface area (Å²) in [5.74, 6) is 0.236. The third-order valence-electron chi connectivity index (χ3n) is 3.03. The standard InChI is InChI=1S/C12H28N2O2S/c1-6-12(7-2)14(5)17(15,16)10-8-9-13-11(3)4/h11-13H,6-10H2,1-5H3. The molecule has 17 heavy (non-hydrogen) atoms. The molecule has 0 aliphatic heterocycles. The molecule has 0 aliphatic rings. The first-order chi connectivity index (χ1) is 7.85. The van der Waals surface area contributed by atoms with Gasteiger partial charge in [-0.05, 0) is 25.8 Å². The van der Waals surface area contributed by atoms with Gasteiger partial charge in [0.25, 0.3) is 0 Å². The number of nitrogens with zero attached hydrogens (tertiary/aromatic N) is 1. The van der Waals surface area contributed by atoms with Gasteiger partial charge in [-0.2, -0.15) is 0 Å². The van der Waals surface area contributed by atoms with Crippen LogP contribution in [-0.4, -0.2) is 44.2 Å². The highest BCUT2D eigenvalue weighted by Crippen LogP contribution is 2.12. The van der Waals surface area contributed by atoms with E-state index in [1.807, 2.05) is 13.8 Å². The Kier molecular flexibility index (Phi) is 8.00. The molecule has 4 nitrogen and oxygen atoms in total. The average molecular weight is 264 g/mol. The summed E-state index contributed by atoms with van der Waals surface area (Å²) in [6.07, 6.45) is 2.41. The van der Waals surface area contributed by atoms with Gasteiger partial charge in [0.15, 0.2) is 0 Å². The van der Waals surface area contributed by atoms with E-state index in [2.05, 4.69) is 19.2 Å². The van der Waals surface area contributed by atoms with Crippen molar-refractivity contribution < 1.29 is 8.42 Å². The molecule has 0 unspecified atom stereocenters. The van der Waals surface area contributed by atoms with Crippen LogP contribution in [-0.2, 0) is 10.0 Å². The van der Waals surface area contributed by atoms with Gasteiger partial charge in [-0.1, -0.05) is 27.7 Å². The van der Waals surface area contributed by atoms with Crippen LogP contribution in [0, 0.1) is 0 Å². The van der Waals surface area contributed by atoms with Crippen LogP contribution in [0.15, 0.2) is 0 Å². The van der Waals surface area contributed by atoms with Gasteiger partial charge in [0.05, 0.1) is 5.75 Å². The third kappa shape index (κ3) is 6.38. The number of rotatable bonds is 9. The molecular formula is C12H28N2O2S. The Morgan fingerprint density at radius 3 is 2.12 bits per heavy atom. The number of hydrogen-bond donors (Lipinski definition) is 1. The molecule has 5 heteroatoms. The van der Waals surface area contributed by atoms with Crippen LogP contribution in [0.1, 0.15) is 47.0 Å². The quantitative estimate of drug-likeness (QED) is 0.646. The van der Waals surface area contributed by atoms with Crippen LogP contribution >= 0.6 is 0 Å². The lowest BCUT2D eigenvalue weighted by molar-refractivity contribution is 0.349. The van der Waals surface area contributed by atoms with Crippen molar-refractivity contribution in [3.63, 3.8) is 0 Å². The Bertz CT molecular complexity index is 285. The fraction of sp³-hybridized carbons (Fsp3) is 1.00. The molecule has 0 spiro atoms. The molecule has 0 saturated carbocycles. The van der Waals surface area contributed by atoms with E-state index < -0.39 is 10.0 Å². The van der Waals surface area contributed by atoms with Gasteiger partial charge in [-0.3, -0.25) is 0 Å². The summed E-state index contributed by atoms with van der Waals surface area (Å²) in [6.45, 7) is 8.93. The number of sulfonamides is 1. The second-order valence-corrected chi connectivity index (χ2v) is 6.91. The van der Waals surface area contributed by atoms with Crippen LogP contribution in [0.5, 0.6) is 0 Å². The van der Waals surface area contributed by atoms with Crippen LogP contribution in [0.4, 0.5) is 0 Å². The highest BCUT2D eigenvalue weighted by molar-refractivity contribution is 7.89. The maximum atomic E-state index is 12.0. The van der Waals surface area contributed by atoms with Crippen LogP contribution in [0.2, 0.25) is 0 Å². The predicted molar refractivity (Wildman–Crippen MR) is 73.7 cm³/mol. The molecule has 0 aromatic heterocycles. The smallest absolute Gasteiger partial charge is 0.214 e. The Hall–Kier alpha value is -0.130. The molecule has 0 radical (unpaired) electrons. The second-order valence-electron chi connectivity index (χ2n) is 4.76. The summed E-state index contributed by atoms with van der Waals surface area (Å²) in [7, 11) is -1.39. The average Bonchev–Trinajstić information content (AvgIpc) is 2.26. The Morgan fingerprint density at radius 2 is 1.71 bits per heavy atom. The molecule has 0 saturated heterocycles. The summed E-state index contributed by atoms with van der Waals surface area (Å²) in [6, 6.07) is 0.549. The lowest BCUT2D eigenvalue weighted by atomic mass is 10.2. The van der Waals surface area contributed by atoms with Gasteiger partial charge in [0.1, 0.15) is 0 Å². The minimum Gasteiger partial charge on any atom is -0.314 e. The molecule has 0 aliphatic carbocycles. The monoisotopic (exact) mass is 264 g/mol. The molecule has 0 amide bonds. The van der Waals surface area contributed by atoms with Crippen molar-refractivity contribution in [1.82, 2.24) is 9.62 Å². The maximum absolute atomic E-state index is 12.0. The lowest BCUT2D eigenvalue weighted by Crippen LogP contribution is -2.38. The van der Waals surface area contributed by atoms with Crippen molar-refractivity contribution in [2.24, 2.45) is 0 Å². The van der Waals surface area contributed by atoms with Crippen LogP contribution in [0.25, 0.3) is 0 Å². The van der Waals surface area contributed by atoms with Crippen LogP contribution < -0.4 is 5.32 Å². The van der Waals surface area contributed by atoms with E-state index >= 15 is 0 Å². The van der Waals surface area contributed by atoms with Gasteiger partial charge in [0, 0.05) is 19.1 Å². The lowest BCUT2D eigenvalue weighted by Gasteiger charge is -2.25. The molecule has 1 N–H and O–H groups in total. The van der Waals surface area contributed by atoms with E-state index in [-0.39, 0.29) is 11.8 Å². The van der Waals surface area contributed by atoms with E-state index in [1.54, 1.807) is 11.4 Å². The summed E-state index contributed by atoms with van der Waals surface area (Å²) >= 11 is 0. The van der Waals surface area contributed by atoms with Gasteiger partial charge < -0.3 is 5.32 Å². The highest BCUT2D eigenvalue weighted by Gasteiger charge is 2.23. The number of nitrogens with one attached hydrogen (secondary N) is 1. The van der Waals surface area contributed by atoms with Crippen molar-refractivity contribution in [2.75, 3.05) is 19.3 Å². The van der Waals surface area contributed by atoms with Gasteiger partial charge in [-0.25, -0.2) is 12.7 Å². The fourth-order valence-corrected chi connectivity index (χ4v) is 3.37. The van der Waals surface area contributed by atoms with Crippen molar-refractivity contribution in [3.8, 4) is 0 Å². The van der Waals surface area contributed by atoms with Gasteiger partial charge in [-0.15, -0.1) is 0 Å². The SMILES string of the molecule is CCC(CC)N(C)S(=O)(=O)CCCNC(C)C. The van der Waals surface area contributed by atoms with E-state index in [0.717, 1.165) is 19.4 Å². The van der Waals surface area contributed by atoms with Crippen LogP contribution in [0.3, 0.4) is 0 Å². The molecule has 0 rings (SSSR count). The molecule has 104 valence electrons. The van der Waals surface area contributed by atoms with E-state index in [1.165, 1.54) is 0 Å². The summed E-state index contributed by atoms with van der Waals surface area (Å²) in [5.41, 5.74) is 0. The zero-order chi connectivity index (χ0) is 13.5. The first-order valence-corrected chi connectivity index (χ1v) is 8.15. The second kappa shape index (κ2) is 8.06. The van der Waals surface area contributed by atoms with E-state index in [0.29, 0.717) is 12.5 Å². The highest BCUT2D eigenvalue weighted by atomic mass is 32.2. The minimum absolute atomic E-state index is 0.137. The third-order valence-corrected chi connectivity index (χ3v) is 5.01. The first kappa shape index (κ1) is 16.9. The summed E-state index contributed by atoms with van der Waals surface area (Å²) < 4.78 is 25.6.